The van der Waals surface area contributed by atoms with Crippen LogP contribution in [0.3, 0.4) is 0 Å². The van der Waals surface area contributed by atoms with E-state index < -0.39 is 0 Å². The minimum absolute atomic E-state index is 0.114. The highest BCUT2D eigenvalue weighted by Gasteiger charge is 2.37. The first-order valence-electron chi connectivity index (χ1n) is 6.85. The number of allylic oxidation sites excluding steroid dienone is 1. The monoisotopic (exact) mass is 390 g/mol. The molecule has 0 N–H and O–H groups in total. The van der Waals surface area contributed by atoms with Gasteiger partial charge in [0.1, 0.15) is 0 Å². The summed E-state index contributed by atoms with van der Waals surface area (Å²) in [5, 5.41) is 0. The Hall–Kier alpha value is 0.140. The van der Waals surface area contributed by atoms with Crippen molar-refractivity contribution in [1.82, 2.24) is 0 Å². The smallest absolute Gasteiger partial charge is 0.0880 e. The molecule has 106 valence electrons. The zero-order valence-corrected chi connectivity index (χ0v) is 14.3. The van der Waals surface area contributed by atoms with Crippen LogP contribution < -0.4 is 0 Å². The fourth-order valence-electron chi connectivity index (χ4n) is 2.62. The Morgan fingerprint density at radius 1 is 1.26 bits per heavy atom. The number of ether oxygens (including phenoxy) is 2. The molecule has 1 fully saturated rings. The second kappa shape index (κ2) is 7.80. The summed E-state index contributed by atoms with van der Waals surface area (Å²) >= 11 is 6.97. The molecule has 1 unspecified atom stereocenters. The molecule has 2 aliphatic rings. The van der Waals surface area contributed by atoms with E-state index in [1.54, 1.807) is 4.99 Å². The highest BCUT2D eigenvalue weighted by Crippen LogP contribution is 2.31. The molecule has 2 aliphatic heterocycles. The summed E-state index contributed by atoms with van der Waals surface area (Å²) in [5.74, 6) is 0. The minimum atomic E-state index is 0.114. The van der Waals surface area contributed by atoms with Crippen molar-refractivity contribution >= 4 is 31.9 Å². The first-order chi connectivity index (χ1) is 9.24. The molecule has 0 radical (unpaired) electrons. The van der Waals surface area contributed by atoms with Crippen molar-refractivity contribution in [2.75, 3.05) is 0 Å². The molecular formula is C15H20Br2O2. The summed E-state index contributed by atoms with van der Waals surface area (Å²) < 4.78 is 12.3. The molecule has 0 spiro atoms. The third-order valence-electron chi connectivity index (χ3n) is 3.63. The van der Waals surface area contributed by atoms with E-state index in [0.29, 0.717) is 4.83 Å². The van der Waals surface area contributed by atoms with Gasteiger partial charge in [0.05, 0.1) is 24.4 Å². The van der Waals surface area contributed by atoms with Crippen LogP contribution in [0.15, 0.2) is 28.9 Å². The van der Waals surface area contributed by atoms with Crippen LogP contribution in [0.5, 0.6) is 0 Å². The molecule has 5 atom stereocenters. The lowest BCUT2D eigenvalue weighted by atomic mass is 10.1. The average molecular weight is 392 g/mol. The van der Waals surface area contributed by atoms with Crippen LogP contribution in [-0.2, 0) is 9.47 Å². The largest absolute Gasteiger partial charge is 0.371 e. The Kier molecular flexibility index (Phi) is 6.37. The lowest BCUT2D eigenvalue weighted by molar-refractivity contribution is -0.0522. The van der Waals surface area contributed by atoms with E-state index in [1.165, 1.54) is 0 Å². The van der Waals surface area contributed by atoms with Crippen molar-refractivity contribution in [1.29, 1.82) is 0 Å². The van der Waals surface area contributed by atoms with Crippen molar-refractivity contribution in [3.05, 3.63) is 28.9 Å². The topological polar surface area (TPSA) is 18.5 Å². The van der Waals surface area contributed by atoms with Gasteiger partial charge in [-0.25, -0.2) is 0 Å². The van der Waals surface area contributed by atoms with Gasteiger partial charge >= 0.3 is 0 Å². The lowest BCUT2D eigenvalue weighted by Crippen LogP contribution is -2.32. The molecule has 4 heteroatoms. The van der Waals surface area contributed by atoms with Gasteiger partial charge in [0, 0.05) is 16.2 Å². The van der Waals surface area contributed by atoms with E-state index >= 15 is 0 Å². The van der Waals surface area contributed by atoms with Crippen molar-refractivity contribution in [2.24, 2.45) is 0 Å². The summed E-state index contributed by atoms with van der Waals surface area (Å²) in [4.78, 5) is 2.12. The zero-order valence-electron chi connectivity index (χ0n) is 11.1. The van der Waals surface area contributed by atoms with Crippen LogP contribution in [0.4, 0.5) is 0 Å². The molecule has 0 amide bonds. The number of halogens is 2. The highest BCUT2D eigenvalue weighted by molar-refractivity contribution is 9.11. The molecule has 0 aromatic heterocycles. The fraction of sp³-hybridized carbons (Fsp3) is 0.667. The lowest BCUT2D eigenvalue weighted by Gasteiger charge is -2.26. The quantitative estimate of drug-likeness (QED) is 0.392. The Labute approximate surface area is 132 Å². The van der Waals surface area contributed by atoms with Gasteiger partial charge in [0.25, 0.3) is 0 Å². The van der Waals surface area contributed by atoms with Crippen molar-refractivity contribution in [3.63, 3.8) is 0 Å². The van der Waals surface area contributed by atoms with Crippen LogP contribution >= 0.6 is 31.9 Å². The summed E-state index contributed by atoms with van der Waals surface area (Å²) in [6, 6.07) is 0. The molecule has 0 saturated carbocycles. The van der Waals surface area contributed by atoms with Crippen LogP contribution in [0, 0.1) is 0 Å². The summed E-state index contributed by atoms with van der Waals surface area (Å²) in [7, 11) is 0. The van der Waals surface area contributed by atoms with Gasteiger partial charge in [0.2, 0.25) is 0 Å². The minimum Gasteiger partial charge on any atom is -0.371 e. The third-order valence-corrected chi connectivity index (χ3v) is 4.85. The van der Waals surface area contributed by atoms with Gasteiger partial charge in [0.15, 0.2) is 0 Å². The van der Waals surface area contributed by atoms with Gasteiger partial charge in [-0.05, 0) is 25.3 Å². The maximum absolute atomic E-state index is 6.29. The maximum Gasteiger partial charge on any atom is 0.0880 e. The summed E-state index contributed by atoms with van der Waals surface area (Å²) in [6.07, 6.45) is 11.0. The first kappa shape index (κ1) is 15.5. The van der Waals surface area contributed by atoms with E-state index in [9.17, 15) is 0 Å². The molecule has 0 aliphatic carbocycles. The highest BCUT2D eigenvalue weighted by atomic mass is 79.9. The Morgan fingerprint density at radius 2 is 2.05 bits per heavy atom. The maximum atomic E-state index is 6.29. The third kappa shape index (κ3) is 4.30. The van der Waals surface area contributed by atoms with Crippen molar-refractivity contribution in [2.45, 2.75) is 61.9 Å². The molecule has 19 heavy (non-hydrogen) atoms. The van der Waals surface area contributed by atoms with Gasteiger partial charge < -0.3 is 9.47 Å². The molecule has 0 aromatic carbocycles. The van der Waals surface area contributed by atoms with Gasteiger partial charge in [-0.1, -0.05) is 50.9 Å². The Balaban J connectivity index is 2.08. The molecule has 2 nitrogen and oxygen atoms in total. The number of hydrogen-bond donors (Lipinski definition) is 0. The van der Waals surface area contributed by atoms with Crippen LogP contribution in [0.25, 0.3) is 0 Å². The van der Waals surface area contributed by atoms with Crippen molar-refractivity contribution in [3.8, 4) is 0 Å². The second-order valence-electron chi connectivity index (χ2n) is 4.97. The van der Waals surface area contributed by atoms with E-state index in [-0.39, 0.29) is 24.4 Å². The Bertz CT molecular complexity index is 374. The standard InChI is InChI=1S/C15H20Br2O2/c1-2-13-12(17)7-3-4-8-14-15(19-13)10-11(18-14)6-5-9-16/h3-4,6,9,11-15H,2,7-8,10H2,1H3/t5?,11-,12?,13-,14-,15-/m1/s1. The number of hydrogen-bond acceptors (Lipinski definition) is 2. The molecule has 2 heterocycles. The molecule has 1 saturated heterocycles. The van der Waals surface area contributed by atoms with E-state index in [0.717, 1.165) is 25.7 Å². The predicted molar refractivity (Wildman–Crippen MR) is 84.9 cm³/mol. The van der Waals surface area contributed by atoms with Crippen molar-refractivity contribution < 1.29 is 9.47 Å². The fourth-order valence-corrected chi connectivity index (χ4v) is 3.49. The van der Waals surface area contributed by atoms with E-state index in [2.05, 4.69) is 56.7 Å². The number of fused-ring (bicyclic) bond motifs is 1. The molecular weight excluding hydrogens is 372 g/mol. The summed E-state index contributed by atoms with van der Waals surface area (Å²) in [5.41, 5.74) is 3.04. The Morgan fingerprint density at radius 3 is 2.79 bits per heavy atom. The number of alkyl halides is 1. The van der Waals surface area contributed by atoms with E-state index in [1.807, 2.05) is 6.08 Å². The van der Waals surface area contributed by atoms with Crippen LogP contribution in [0.1, 0.15) is 32.6 Å². The summed E-state index contributed by atoms with van der Waals surface area (Å²) in [6.45, 7) is 2.18. The van der Waals surface area contributed by atoms with E-state index in [4.69, 9.17) is 9.47 Å². The molecule has 2 rings (SSSR count). The average Bonchev–Trinajstić information content (AvgIpc) is 2.81. The molecule has 0 aromatic rings. The predicted octanol–water partition coefficient (Wildman–Crippen LogP) is 4.48. The first-order valence-corrected chi connectivity index (χ1v) is 8.69. The zero-order chi connectivity index (χ0) is 13.7. The second-order valence-corrected chi connectivity index (χ2v) is 6.61. The van der Waals surface area contributed by atoms with Gasteiger partial charge in [-0.15, -0.1) is 5.73 Å². The molecule has 0 bridgehead atoms. The van der Waals surface area contributed by atoms with Crippen LogP contribution in [-0.4, -0.2) is 29.2 Å². The normalized spacial score (nSPS) is 38.6. The SMILES string of the molecule is CC[C@H]1O[C@@H]2C[C@@H](C=C=CBr)O[C@@H]2CC=CCC1Br. The van der Waals surface area contributed by atoms with Gasteiger partial charge in [-0.3, -0.25) is 0 Å². The van der Waals surface area contributed by atoms with Gasteiger partial charge in [-0.2, -0.15) is 0 Å². The number of rotatable bonds is 2. The van der Waals surface area contributed by atoms with Crippen LogP contribution in [0.2, 0.25) is 0 Å².